The van der Waals surface area contributed by atoms with Crippen LogP contribution in [0.15, 0.2) is 18.2 Å². The van der Waals surface area contributed by atoms with E-state index in [-0.39, 0.29) is 10.8 Å². The van der Waals surface area contributed by atoms with Gasteiger partial charge in [-0.1, -0.05) is 24.9 Å². The second-order valence-corrected chi connectivity index (χ2v) is 4.40. The smallest absolute Gasteiger partial charge is 0.141 e. The maximum absolute atomic E-state index is 13.0. The summed E-state index contributed by atoms with van der Waals surface area (Å²) >= 11 is 5.74. The molecule has 0 bridgehead atoms. The Balaban J connectivity index is 2.72. The van der Waals surface area contributed by atoms with Crippen molar-refractivity contribution in [3.05, 3.63) is 29.0 Å². The average Bonchev–Trinajstić information content (AvgIpc) is 2.29. The predicted molar refractivity (Wildman–Crippen MR) is 67.5 cm³/mol. The Kier molecular flexibility index (Phi) is 5.03. The zero-order chi connectivity index (χ0) is 12.1. The zero-order valence-corrected chi connectivity index (χ0v) is 10.5. The average molecular weight is 245 g/mol. The lowest BCUT2D eigenvalue weighted by Crippen LogP contribution is -2.29. The molecule has 0 saturated carbocycles. The van der Waals surface area contributed by atoms with Gasteiger partial charge in [-0.2, -0.15) is 0 Å². The van der Waals surface area contributed by atoms with Crippen LogP contribution in [0.25, 0.3) is 0 Å². The lowest BCUT2D eigenvalue weighted by atomic mass is 10.1. The van der Waals surface area contributed by atoms with E-state index in [0.29, 0.717) is 12.5 Å². The van der Waals surface area contributed by atoms with Crippen molar-refractivity contribution in [2.24, 2.45) is 11.7 Å². The standard InChI is InChI=1S/C12H18ClFN2/c1-3-9(7-15)8-16(2)10-4-5-12(14)11(13)6-10/h4-6,9H,3,7-8,15H2,1-2H3. The van der Waals surface area contributed by atoms with Crippen LogP contribution in [0.2, 0.25) is 5.02 Å². The molecule has 1 rings (SSSR count). The number of benzene rings is 1. The molecule has 2 N–H and O–H groups in total. The van der Waals surface area contributed by atoms with E-state index in [1.807, 2.05) is 11.9 Å². The van der Waals surface area contributed by atoms with E-state index in [4.69, 9.17) is 17.3 Å². The molecule has 0 radical (unpaired) electrons. The van der Waals surface area contributed by atoms with Gasteiger partial charge in [0.25, 0.3) is 0 Å². The van der Waals surface area contributed by atoms with Crippen LogP contribution in [-0.4, -0.2) is 20.1 Å². The first-order valence-electron chi connectivity index (χ1n) is 5.44. The van der Waals surface area contributed by atoms with E-state index in [2.05, 4.69) is 6.92 Å². The minimum absolute atomic E-state index is 0.158. The minimum atomic E-state index is -0.385. The molecule has 90 valence electrons. The highest BCUT2D eigenvalue weighted by Crippen LogP contribution is 2.22. The third-order valence-electron chi connectivity index (χ3n) is 2.79. The summed E-state index contributed by atoms with van der Waals surface area (Å²) < 4.78 is 13.0. The molecular formula is C12H18ClFN2. The van der Waals surface area contributed by atoms with E-state index < -0.39 is 0 Å². The van der Waals surface area contributed by atoms with Crippen molar-refractivity contribution < 1.29 is 4.39 Å². The van der Waals surface area contributed by atoms with E-state index in [0.717, 1.165) is 18.7 Å². The molecule has 0 aromatic heterocycles. The summed E-state index contributed by atoms with van der Waals surface area (Å²) in [6, 6.07) is 4.75. The fourth-order valence-electron chi connectivity index (χ4n) is 1.59. The lowest BCUT2D eigenvalue weighted by Gasteiger charge is -2.24. The fraction of sp³-hybridized carbons (Fsp3) is 0.500. The van der Waals surface area contributed by atoms with Crippen molar-refractivity contribution in [3.63, 3.8) is 0 Å². The molecule has 0 aliphatic carbocycles. The van der Waals surface area contributed by atoms with Gasteiger partial charge in [0.1, 0.15) is 5.82 Å². The number of hydrogen-bond acceptors (Lipinski definition) is 2. The molecule has 1 unspecified atom stereocenters. The number of nitrogens with two attached hydrogens (primary N) is 1. The van der Waals surface area contributed by atoms with Gasteiger partial charge in [0, 0.05) is 19.3 Å². The van der Waals surface area contributed by atoms with E-state index in [1.54, 1.807) is 12.1 Å². The molecule has 1 aromatic carbocycles. The lowest BCUT2D eigenvalue weighted by molar-refractivity contribution is 0.521. The summed E-state index contributed by atoms with van der Waals surface area (Å²) in [5, 5.41) is 0.158. The summed E-state index contributed by atoms with van der Waals surface area (Å²) in [4.78, 5) is 2.05. The van der Waals surface area contributed by atoms with Crippen molar-refractivity contribution in [1.82, 2.24) is 0 Å². The van der Waals surface area contributed by atoms with Gasteiger partial charge in [-0.05, 0) is 30.7 Å². The van der Waals surface area contributed by atoms with Gasteiger partial charge in [-0.15, -0.1) is 0 Å². The summed E-state index contributed by atoms with van der Waals surface area (Å²) in [6.07, 6.45) is 1.04. The Morgan fingerprint density at radius 2 is 2.19 bits per heavy atom. The van der Waals surface area contributed by atoms with Crippen LogP contribution in [0.3, 0.4) is 0 Å². The summed E-state index contributed by atoms with van der Waals surface area (Å²) in [7, 11) is 1.96. The second-order valence-electron chi connectivity index (χ2n) is 3.99. The number of anilines is 1. The zero-order valence-electron chi connectivity index (χ0n) is 9.71. The Bertz CT molecular complexity index is 340. The van der Waals surface area contributed by atoms with Crippen molar-refractivity contribution in [1.29, 1.82) is 0 Å². The van der Waals surface area contributed by atoms with Crippen LogP contribution in [0, 0.1) is 11.7 Å². The SMILES string of the molecule is CCC(CN)CN(C)c1ccc(F)c(Cl)c1. The Hall–Kier alpha value is -0.800. The molecule has 0 spiro atoms. The first-order valence-corrected chi connectivity index (χ1v) is 5.82. The number of halogens is 2. The monoisotopic (exact) mass is 244 g/mol. The van der Waals surface area contributed by atoms with Crippen LogP contribution in [-0.2, 0) is 0 Å². The Labute approximate surface area is 101 Å². The first-order chi connectivity index (χ1) is 7.58. The molecule has 0 heterocycles. The predicted octanol–water partition coefficient (Wildman–Crippen LogP) is 2.90. The van der Waals surface area contributed by atoms with Gasteiger partial charge in [0.2, 0.25) is 0 Å². The normalized spacial score (nSPS) is 12.6. The third-order valence-corrected chi connectivity index (χ3v) is 3.08. The maximum atomic E-state index is 13.0. The largest absolute Gasteiger partial charge is 0.374 e. The molecule has 16 heavy (non-hydrogen) atoms. The molecular weight excluding hydrogens is 227 g/mol. The molecule has 0 saturated heterocycles. The Morgan fingerprint density at radius 1 is 1.50 bits per heavy atom. The molecule has 1 aromatic rings. The topological polar surface area (TPSA) is 29.3 Å². The van der Waals surface area contributed by atoms with Crippen LogP contribution in [0.1, 0.15) is 13.3 Å². The summed E-state index contributed by atoms with van der Waals surface area (Å²) in [5.74, 6) is 0.0681. The van der Waals surface area contributed by atoms with Crippen LogP contribution < -0.4 is 10.6 Å². The molecule has 0 amide bonds. The van der Waals surface area contributed by atoms with Crippen LogP contribution in [0.4, 0.5) is 10.1 Å². The number of rotatable bonds is 5. The fourth-order valence-corrected chi connectivity index (χ4v) is 1.76. The maximum Gasteiger partial charge on any atom is 0.141 e. The summed E-state index contributed by atoms with van der Waals surface area (Å²) in [5.41, 5.74) is 6.57. The Morgan fingerprint density at radius 3 is 2.69 bits per heavy atom. The van der Waals surface area contributed by atoms with Gasteiger partial charge in [-0.25, -0.2) is 4.39 Å². The first kappa shape index (κ1) is 13.3. The molecule has 0 aliphatic rings. The molecule has 0 aliphatic heterocycles. The molecule has 2 nitrogen and oxygen atoms in total. The van der Waals surface area contributed by atoms with Gasteiger partial charge >= 0.3 is 0 Å². The molecule has 1 atom stereocenters. The van der Waals surface area contributed by atoms with Crippen molar-refractivity contribution in [3.8, 4) is 0 Å². The van der Waals surface area contributed by atoms with Gasteiger partial charge < -0.3 is 10.6 Å². The van der Waals surface area contributed by atoms with Crippen molar-refractivity contribution in [2.75, 3.05) is 25.0 Å². The van der Waals surface area contributed by atoms with E-state index >= 15 is 0 Å². The highest BCUT2D eigenvalue weighted by molar-refractivity contribution is 6.31. The molecule has 4 heteroatoms. The highest BCUT2D eigenvalue weighted by Gasteiger charge is 2.10. The summed E-state index contributed by atoms with van der Waals surface area (Å²) in [6.45, 7) is 3.63. The van der Waals surface area contributed by atoms with E-state index in [9.17, 15) is 4.39 Å². The second kappa shape index (κ2) is 6.06. The highest BCUT2D eigenvalue weighted by atomic mass is 35.5. The van der Waals surface area contributed by atoms with Crippen LogP contribution >= 0.6 is 11.6 Å². The van der Waals surface area contributed by atoms with E-state index in [1.165, 1.54) is 6.07 Å². The minimum Gasteiger partial charge on any atom is -0.374 e. The molecule has 0 fully saturated rings. The van der Waals surface area contributed by atoms with Crippen molar-refractivity contribution >= 4 is 17.3 Å². The van der Waals surface area contributed by atoms with Crippen molar-refractivity contribution in [2.45, 2.75) is 13.3 Å². The van der Waals surface area contributed by atoms with Gasteiger partial charge in [0.05, 0.1) is 5.02 Å². The number of nitrogens with zero attached hydrogens (tertiary/aromatic N) is 1. The van der Waals surface area contributed by atoms with Crippen LogP contribution in [0.5, 0.6) is 0 Å². The van der Waals surface area contributed by atoms with Gasteiger partial charge in [0.15, 0.2) is 0 Å². The quantitative estimate of drug-likeness (QED) is 0.863. The third kappa shape index (κ3) is 3.35. The number of hydrogen-bond donors (Lipinski definition) is 1. The van der Waals surface area contributed by atoms with Gasteiger partial charge in [-0.3, -0.25) is 0 Å².